The first-order chi connectivity index (χ1) is 66.9. The first-order valence-electron chi connectivity index (χ1n) is 62.5. The fourth-order valence-corrected chi connectivity index (χ4v) is 19.6. The highest BCUT2D eigenvalue weighted by Crippen LogP contribution is 2.42. The van der Waals surface area contributed by atoms with Gasteiger partial charge in [0.1, 0.15) is 0 Å². The smallest absolute Gasteiger partial charge is 0.0768 e. The summed E-state index contributed by atoms with van der Waals surface area (Å²) in [4.78, 5) is 44.0. The highest BCUT2D eigenvalue weighted by Gasteiger charge is 2.06. The Labute approximate surface area is 863 Å². The Morgan fingerprint density at radius 2 is 0.241 bits per heavy atom. The van der Waals surface area contributed by atoms with Gasteiger partial charge < -0.3 is 52.6 Å². The van der Waals surface area contributed by atoms with Gasteiger partial charge in [0.05, 0.1) is 96.2 Å². The highest BCUT2D eigenvalue weighted by molar-refractivity contribution is 7.57. The number of allylic oxidation sites excluding steroid dienone is 8. The summed E-state index contributed by atoms with van der Waals surface area (Å²) in [5.41, 5.74) is 0. The molecule has 13 heteroatoms. The average Bonchev–Trinajstić information content (AvgIpc) is 0.912. The van der Waals surface area contributed by atoms with Crippen molar-refractivity contribution in [1.29, 1.82) is 0 Å². The zero-order valence-corrected chi connectivity index (χ0v) is 97.7. The van der Waals surface area contributed by atoms with Crippen LogP contribution in [0.3, 0.4) is 0 Å². The lowest BCUT2D eigenvalue weighted by molar-refractivity contribution is -0.877. The zero-order valence-electron chi connectivity index (χ0n) is 95.9. The molecule has 0 fully saturated rings. The Morgan fingerprint density at radius 3 is 0.321 bits per heavy atom. The van der Waals surface area contributed by atoms with Gasteiger partial charge in [0.2, 0.25) is 0 Å². The van der Waals surface area contributed by atoms with Crippen molar-refractivity contribution >= 4 is 15.6 Å². The number of hydrogen-bond acceptors (Lipinski definition) is 7. The molecule has 0 spiro atoms. The molecule has 0 bridgehead atoms. The number of nitrogens with one attached hydrogen (secondary N) is 4. The summed E-state index contributed by atoms with van der Waals surface area (Å²) in [6.07, 6.45) is 158. The molecule has 0 saturated heterocycles. The molecule has 4 unspecified atom stereocenters. The quantitative estimate of drug-likeness (QED) is 0.0269. The summed E-state index contributed by atoms with van der Waals surface area (Å²) in [6.45, 7) is 28.9. The summed E-state index contributed by atoms with van der Waals surface area (Å²) < 4.78 is 21.2. The molecule has 4 atom stereocenters. The van der Waals surface area contributed by atoms with Crippen molar-refractivity contribution in [2.45, 2.75) is 672 Å². The lowest BCUT2D eigenvalue weighted by atomic mass is 10.0. The molecule has 0 aliphatic heterocycles. The van der Waals surface area contributed by atoms with Crippen LogP contribution in [0.5, 0.6) is 0 Å². The minimum absolute atomic E-state index is 1.28. The minimum Gasteiger partial charge on any atom is -0.790 e. The van der Waals surface area contributed by atoms with Gasteiger partial charge in [0.15, 0.2) is 0 Å². The molecule has 11 nitrogen and oxygen atoms in total. The van der Waals surface area contributed by atoms with Gasteiger partial charge in [-0.2, -0.15) is 0 Å². The van der Waals surface area contributed by atoms with Crippen LogP contribution >= 0.6 is 15.6 Å². The zero-order chi connectivity index (χ0) is 101. The second kappa shape index (κ2) is 131. The molecule has 0 aromatic rings. The third-order valence-corrected chi connectivity index (χ3v) is 30.7. The van der Waals surface area contributed by atoms with E-state index in [1.54, 1.807) is 19.6 Å². The van der Waals surface area contributed by atoms with Crippen LogP contribution < -0.4 is 39.2 Å². The SMILES string of the molecule is CCCCCCCC/C=C\CCCCCCCCCCCCCCCCCC[NH+](C)CC.CCCCCCCC/C=C\CCCCCCCCCCCCCCCCCC[NH+](C)CC.CCCCCCCC/C=C\CCCCCCCCCCCCCCCCCC[NH+](C)CC.CCCCCCCC/C=C\CCCCCCCCCCCCCCCCCC[NH+](C)CC.O=P([O-])([O-])OP(=O)([O-])[O-]. The second-order valence-electron chi connectivity index (χ2n) is 43.1. The number of rotatable bonds is 110. The summed E-state index contributed by atoms with van der Waals surface area (Å²) in [5, 5.41) is 0. The number of hydrogen-bond donors (Lipinski definition) is 4. The molecule has 0 aromatic carbocycles. The van der Waals surface area contributed by atoms with E-state index in [-0.39, 0.29) is 0 Å². The van der Waals surface area contributed by atoms with Crippen molar-refractivity contribution in [1.82, 2.24) is 0 Å². The summed E-state index contributed by atoms with van der Waals surface area (Å²) in [5.74, 6) is 0. The van der Waals surface area contributed by atoms with E-state index in [4.69, 9.17) is 0 Å². The topological polar surface area (TPSA) is 153 Å². The molecule has 0 rings (SSSR count). The van der Waals surface area contributed by atoms with E-state index in [1.165, 1.54) is 669 Å². The normalized spacial score (nSPS) is 12.8. The molecule has 0 aliphatic carbocycles. The molecule has 137 heavy (non-hydrogen) atoms. The van der Waals surface area contributed by atoms with Crippen molar-refractivity contribution in [2.24, 2.45) is 0 Å². The first-order valence-corrected chi connectivity index (χ1v) is 65.5. The van der Waals surface area contributed by atoms with Crippen molar-refractivity contribution in [3.8, 4) is 0 Å². The van der Waals surface area contributed by atoms with Gasteiger partial charge in [-0.3, -0.25) is 0 Å². The Morgan fingerprint density at radius 1 is 0.153 bits per heavy atom. The van der Waals surface area contributed by atoms with Gasteiger partial charge in [-0.25, -0.2) is 0 Å². The Kier molecular flexibility index (Phi) is 138. The highest BCUT2D eigenvalue weighted by atomic mass is 31.3. The van der Waals surface area contributed by atoms with E-state index in [0.717, 1.165) is 0 Å². The molecule has 0 amide bonds. The predicted octanol–water partition coefficient (Wildman–Crippen LogP) is 34.5. The Balaban J connectivity index is -0.000000547. The van der Waals surface area contributed by atoms with Crippen molar-refractivity contribution in [3.05, 3.63) is 48.6 Å². The fourth-order valence-electron chi connectivity index (χ4n) is 18.6. The Bertz CT molecular complexity index is 2040. The monoisotopic (exact) mass is 1980 g/mol. The molecule has 824 valence electrons. The summed E-state index contributed by atoms with van der Waals surface area (Å²) in [7, 11) is -2.08. The van der Waals surface area contributed by atoms with Crippen LogP contribution in [0.25, 0.3) is 0 Å². The van der Waals surface area contributed by atoms with Gasteiger partial charge in [-0.1, -0.05) is 539 Å². The van der Waals surface area contributed by atoms with Crippen LogP contribution in [-0.2, 0) is 13.4 Å². The van der Waals surface area contributed by atoms with Crippen LogP contribution in [0, 0.1) is 0 Å². The van der Waals surface area contributed by atoms with Crippen molar-refractivity contribution < 1.29 is 52.6 Å². The molecule has 0 saturated carbocycles. The number of phosphoric acid groups is 2. The third-order valence-electron chi connectivity index (χ3n) is 29.1. The van der Waals surface area contributed by atoms with E-state index in [1.807, 2.05) is 0 Å². The summed E-state index contributed by atoms with van der Waals surface area (Å²) in [6, 6.07) is 0. The standard InChI is InChI=1S/4C31H63N.H4O7P2/c4*1-4-6-7-8-9-10-11-12-13-14-15-16-17-18-19-20-21-22-23-24-25-26-27-28-29-30-31-32(3)5-2;1-8(2,3)7-9(4,5)6/h4*12-13H,4-11,14-31H2,1-3H3;(H2,1,2,3)(H2,4,5,6)/b4*13-12-;. The first kappa shape index (κ1) is 144. The predicted molar refractivity (Wildman–Crippen MR) is 608 cm³/mol. The maximum atomic E-state index is 9.32. The third kappa shape index (κ3) is 153. The molecular formula is C124H256N4O7P2. The minimum atomic E-state index is -5.68. The van der Waals surface area contributed by atoms with Gasteiger partial charge in [-0.05, 0) is 182 Å². The van der Waals surface area contributed by atoms with E-state index in [2.05, 4.69) is 136 Å². The van der Waals surface area contributed by atoms with Crippen LogP contribution in [0.4, 0.5) is 0 Å². The van der Waals surface area contributed by atoms with Crippen LogP contribution in [0.1, 0.15) is 672 Å². The molecule has 4 N–H and O–H groups in total. The van der Waals surface area contributed by atoms with Gasteiger partial charge in [0.25, 0.3) is 0 Å². The molecule has 0 aromatic heterocycles. The van der Waals surface area contributed by atoms with E-state index < -0.39 is 15.6 Å². The lowest BCUT2D eigenvalue weighted by Crippen LogP contribution is -3.08. The number of quaternary nitrogens is 4. The maximum absolute atomic E-state index is 9.32. The number of unbranched alkanes of at least 4 members (excludes halogenated alkanes) is 88. The van der Waals surface area contributed by atoms with Crippen LogP contribution in [0.15, 0.2) is 48.6 Å². The second-order valence-corrected chi connectivity index (χ2v) is 45.6. The maximum Gasteiger partial charge on any atom is 0.0768 e. The van der Waals surface area contributed by atoms with Gasteiger partial charge in [-0.15, -0.1) is 0 Å². The van der Waals surface area contributed by atoms with Crippen molar-refractivity contribution in [2.75, 3.05) is 80.5 Å². The molecule has 0 aliphatic rings. The molecular weight excluding hydrogens is 1720 g/mol. The largest absolute Gasteiger partial charge is 0.790 e. The van der Waals surface area contributed by atoms with E-state index >= 15 is 0 Å². The van der Waals surface area contributed by atoms with Gasteiger partial charge in [0, 0.05) is 0 Å². The Hall–Kier alpha value is -0.940. The lowest BCUT2D eigenvalue weighted by Gasteiger charge is -2.39. The molecule has 0 heterocycles. The van der Waals surface area contributed by atoms with Crippen LogP contribution in [-0.4, -0.2) is 80.5 Å². The average molecular weight is 1980 g/mol. The van der Waals surface area contributed by atoms with E-state index in [0.29, 0.717) is 0 Å². The summed E-state index contributed by atoms with van der Waals surface area (Å²) >= 11 is 0. The van der Waals surface area contributed by atoms with Crippen molar-refractivity contribution in [3.63, 3.8) is 0 Å². The molecule has 0 radical (unpaired) electrons. The fraction of sp³-hybridized carbons (Fsp3) is 0.935. The van der Waals surface area contributed by atoms with Crippen LogP contribution in [0.2, 0.25) is 0 Å². The van der Waals surface area contributed by atoms with Gasteiger partial charge >= 0.3 is 0 Å². The van der Waals surface area contributed by atoms with E-state index in [9.17, 15) is 28.7 Å².